The summed E-state index contributed by atoms with van der Waals surface area (Å²) in [5.74, 6) is -0.142. The van der Waals surface area contributed by atoms with Crippen molar-refractivity contribution >= 4 is 27.7 Å². The minimum atomic E-state index is -0.651. The third-order valence-electron chi connectivity index (χ3n) is 5.69. The zero-order chi connectivity index (χ0) is 22.8. The number of hydrogen-bond acceptors (Lipinski definition) is 6. The van der Waals surface area contributed by atoms with Gasteiger partial charge >= 0.3 is 5.97 Å². The van der Waals surface area contributed by atoms with Crippen LogP contribution in [0.25, 0.3) is 0 Å². The van der Waals surface area contributed by atoms with Gasteiger partial charge in [0, 0.05) is 18.4 Å². The van der Waals surface area contributed by atoms with Crippen molar-refractivity contribution in [3.8, 4) is 5.75 Å². The van der Waals surface area contributed by atoms with E-state index in [2.05, 4.69) is 15.9 Å². The van der Waals surface area contributed by atoms with Gasteiger partial charge in [0.25, 0.3) is 0 Å². The molecule has 0 saturated heterocycles. The second-order valence-corrected chi connectivity index (χ2v) is 8.74. The summed E-state index contributed by atoms with van der Waals surface area (Å²) in [4.78, 5) is 25.4. The van der Waals surface area contributed by atoms with Gasteiger partial charge in [0.15, 0.2) is 5.78 Å². The van der Waals surface area contributed by atoms with Crippen LogP contribution in [0, 0.1) is 6.92 Å². The fourth-order valence-corrected chi connectivity index (χ4v) is 4.57. The molecule has 1 aliphatic carbocycles. The standard InChI is InChI=1S/C25H24BrNO5/c1-14-6-8-15(9-7-14)13-31-19-11-10-16(12-17(19)26)21-22-18(28)4-3-5-20(22)32-24(27)23(21)25(29)30-2/h6-12,21H,3-5,13,27H2,1-2H3/t21-/m1/s1. The third-order valence-corrected chi connectivity index (χ3v) is 6.31. The van der Waals surface area contributed by atoms with Gasteiger partial charge in [-0.15, -0.1) is 0 Å². The molecular weight excluding hydrogens is 474 g/mol. The Morgan fingerprint density at radius 2 is 1.94 bits per heavy atom. The SMILES string of the molecule is COC(=O)C1=C(N)OC2=C(C(=O)CCC2)[C@H]1c1ccc(OCc2ccc(C)cc2)c(Br)c1. The zero-order valence-corrected chi connectivity index (χ0v) is 19.5. The van der Waals surface area contributed by atoms with Crippen LogP contribution in [0.5, 0.6) is 5.75 Å². The van der Waals surface area contributed by atoms with Gasteiger partial charge in [0.1, 0.15) is 23.7 Å². The molecule has 2 N–H and O–H groups in total. The first kappa shape index (κ1) is 22.1. The first-order valence-electron chi connectivity index (χ1n) is 10.4. The molecule has 0 aromatic heterocycles. The number of halogens is 1. The monoisotopic (exact) mass is 497 g/mol. The van der Waals surface area contributed by atoms with E-state index in [-0.39, 0.29) is 17.2 Å². The molecule has 2 aromatic carbocycles. The normalized spacial score (nSPS) is 18.2. The van der Waals surface area contributed by atoms with Crippen molar-refractivity contribution in [1.82, 2.24) is 0 Å². The van der Waals surface area contributed by atoms with Gasteiger partial charge in [-0.1, -0.05) is 35.9 Å². The van der Waals surface area contributed by atoms with Crippen molar-refractivity contribution in [3.05, 3.63) is 86.4 Å². The Morgan fingerprint density at radius 3 is 2.62 bits per heavy atom. The van der Waals surface area contributed by atoms with E-state index >= 15 is 0 Å². The fraction of sp³-hybridized carbons (Fsp3) is 0.280. The Hall–Kier alpha value is -3.06. The van der Waals surface area contributed by atoms with Crippen LogP contribution >= 0.6 is 15.9 Å². The molecular formula is C25H24BrNO5. The van der Waals surface area contributed by atoms with E-state index in [1.54, 1.807) is 0 Å². The minimum absolute atomic E-state index is 0.0221. The third kappa shape index (κ3) is 4.30. The van der Waals surface area contributed by atoms with Crippen molar-refractivity contribution < 1.29 is 23.8 Å². The summed E-state index contributed by atoms with van der Waals surface area (Å²) in [7, 11) is 1.28. The molecule has 0 saturated carbocycles. The Morgan fingerprint density at radius 1 is 1.19 bits per heavy atom. The molecule has 2 aromatic rings. The van der Waals surface area contributed by atoms with Crippen molar-refractivity contribution in [2.24, 2.45) is 5.73 Å². The first-order chi connectivity index (χ1) is 15.4. The van der Waals surface area contributed by atoms with Crippen LogP contribution in [0.3, 0.4) is 0 Å². The van der Waals surface area contributed by atoms with Gasteiger partial charge in [-0.3, -0.25) is 4.79 Å². The Kier molecular flexibility index (Phi) is 6.37. The zero-order valence-electron chi connectivity index (χ0n) is 17.9. The molecule has 6 nitrogen and oxygen atoms in total. The highest BCUT2D eigenvalue weighted by molar-refractivity contribution is 9.10. The molecule has 0 bridgehead atoms. The van der Waals surface area contributed by atoms with Crippen LogP contribution in [0.2, 0.25) is 0 Å². The molecule has 4 rings (SSSR count). The fourth-order valence-electron chi connectivity index (χ4n) is 4.06. The molecule has 1 atom stereocenters. The van der Waals surface area contributed by atoms with Crippen LogP contribution in [0.1, 0.15) is 41.9 Å². The van der Waals surface area contributed by atoms with Crippen LogP contribution < -0.4 is 10.5 Å². The smallest absolute Gasteiger partial charge is 0.340 e. The summed E-state index contributed by atoms with van der Waals surface area (Å²) in [5.41, 5.74) is 9.70. The van der Waals surface area contributed by atoms with E-state index in [4.69, 9.17) is 19.9 Å². The summed E-state index contributed by atoms with van der Waals surface area (Å²) in [6.45, 7) is 2.46. The molecule has 7 heteroatoms. The van der Waals surface area contributed by atoms with Gasteiger partial charge in [-0.25, -0.2) is 4.79 Å². The maximum absolute atomic E-state index is 12.8. The van der Waals surface area contributed by atoms with Crippen LogP contribution in [0.15, 0.2) is 69.7 Å². The number of carbonyl (C=O) groups is 2. The second-order valence-electron chi connectivity index (χ2n) is 7.88. The number of esters is 1. The van der Waals surface area contributed by atoms with Gasteiger partial charge < -0.3 is 19.9 Å². The van der Waals surface area contributed by atoms with Crippen molar-refractivity contribution in [2.75, 3.05) is 7.11 Å². The summed E-state index contributed by atoms with van der Waals surface area (Å²) < 4.78 is 17.3. The first-order valence-corrected chi connectivity index (χ1v) is 11.2. The summed E-state index contributed by atoms with van der Waals surface area (Å²) in [5, 5.41) is 0. The molecule has 1 heterocycles. The molecule has 0 radical (unpaired) electrons. The number of benzene rings is 2. The van der Waals surface area contributed by atoms with Gasteiger partial charge in [0.2, 0.25) is 5.88 Å². The second kappa shape index (κ2) is 9.20. The Bertz CT molecular complexity index is 1130. The maximum Gasteiger partial charge on any atom is 0.340 e. The van der Waals surface area contributed by atoms with Crippen molar-refractivity contribution in [2.45, 2.75) is 38.7 Å². The molecule has 1 aliphatic heterocycles. The number of nitrogens with two attached hydrogens (primary N) is 1. The van der Waals surface area contributed by atoms with Crippen molar-refractivity contribution in [1.29, 1.82) is 0 Å². The quantitative estimate of drug-likeness (QED) is 0.596. The molecule has 166 valence electrons. The molecule has 0 unspecified atom stereocenters. The van der Waals surface area contributed by atoms with Crippen LogP contribution in [-0.2, 0) is 25.7 Å². The Balaban J connectivity index is 1.67. The van der Waals surface area contributed by atoms with Gasteiger partial charge in [-0.05, 0) is 52.5 Å². The summed E-state index contributed by atoms with van der Waals surface area (Å²) >= 11 is 3.57. The summed E-state index contributed by atoms with van der Waals surface area (Å²) in [6.07, 6.45) is 1.71. The number of methoxy groups -OCH3 is 1. The highest BCUT2D eigenvalue weighted by Crippen LogP contribution is 2.45. The highest BCUT2D eigenvalue weighted by Gasteiger charge is 2.41. The number of aryl methyl sites for hydroxylation is 1. The minimum Gasteiger partial charge on any atom is -0.488 e. The molecule has 0 amide bonds. The van der Waals surface area contributed by atoms with E-state index < -0.39 is 11.9 Å². The molecule has 2 aliphatic rings. The average Bonchev–Trinajstić information content (AvgIpc) is 2.78. The van der Waals surface area contributed by atoms with Crippen LogP contribution in [0.4, 0.5) is 0 Å². The molecule has 0 fully saturated rings. The molecule has 0 spiro atoms. The predicted molar refractivity (Wildman–Crippen MR) is 123 cm³/mol. The number of carbonyl (C=O) groups excluding carboxylic acids is 2. The number of ether oxygens (including phenoxy) is 3. The number of allylic oxidation sites excluding steroid dienone is 2. The predicted octanol–water partition coefficient (Wildman–Crippen LogP) is 4.80. The van der Waals surface area contributed by atoms with E-state index in [0.29, 0.717) is 47.4 Å². The molecule has 32 heavy (non-hydrogen) atoms. The number of ketones is 1. The highest BCUT2D eigenvalue weighted by atomic mass is 79.9. The lowest BCUT2D eigenvalue weighted by atomic mass is 9.77. The van der Waals surface area contributed by atoms with E-state index in [9.17, 15) is 9.59 Å². The Labute approximate surface area is 195 Å². The maximum atomic E-state index is 12.8. The van der Waals surface area contributed by atoms with Crippen molar-refractivity contribution in [3.63, 3.8) is 0 Å². The lowest BCUT2D eigenvalue weighted by Crippen LogP contribution is -2.31. The largest absolute Gasteiger partial charge is 0.488 e. The number of hydrogen-bond donors (Lipinski definition) is 1. The van der Waals surface area contributed by atoms with E-state index in [0.717, 1.165) is 11.1 Å². The van der Waals surface area contributed by atoms with E-state index in [1.165, 1.54) is 12.7 Å². The average molecular weight is 498 g/mol. The lowest BCUT2D eigenvalue weighted by molar-refractivity contribution is -0.136. The van der Waals surface area contributed by atoms with Crippen LogP contribution in [-0.4, -0.2) is 18.9 Å². The topological polar surface area (TPSA) is 87.9 Å². The van der Waals surface area contributed by atoms with E-state index in [1.807, 2.05) is 49.4 Å². The number of Topliss-reactive ketones (excluding diaryl/α,β-unsaturated/α-hetero) is 1. The summed E-state index contributed by atoms with van der Waals surface area (Å²) in [6, 6.07) is 13.6. The van der Waals surface area contributed by atoms with Gasteiger partial charge in [0.05, 0.1) is 17.5 Å². The lowest BCUT2D eigenvalue weighted by Gasteiger charge is -2.32. The van der Waals surface area contributed by atoms with Gasteiger partial charge in [-0.2, -0.15) is 0 Å². The number of rotatable bonds is 5.